The molecule has 0 spiro atoms. The van der Waals surface area contributed by atoms with E-state index in [4.69, 9.17) is 4.74 Å². The molecule has 0 radical (unpaired) electrons. The van der Waals surface area contributed by atoms with E-state index in [1.165, 1.54) is 4.52 Å². The molecule has 23 heavy (non-hydrogen) atoms. The van der Waals surface area contributed by atoms with Crippen LogP contribution in [0.2, 0.25) is 0 Å². The maximum absolute atomic E-state index is 12.2. The summed E-state index contributed by atoms with van der Waals surface area (Å²) >= 11 is 0. The first kappa shape index (κ1) is 15.3. The first-order chi connectivity index (χ1) is 11.0. The predicted molar refractivity (Wildman–Crippen MR) is 78.0 cm³/mol. The van der Waals surface area contributed by atoms with Crippen LogP contribution in [0.4, 0.5) is 0 Å². The van der Waals surface area contributed by atoms with Gasteiger partial charge in [-0.25, -0.2) is 9.50 Å². The van der Waals surface area contributed by atoms with E-state index in [-0.39, 0.29) is 12.4 Å². The van der Waals surface area contributed by atoms with E-state index in [9.17, 15) is 14.7 Å². The summed E-state index contributed by atoms with van der Waals surface area (Å²) in [5, 5.41) is 16.2. The summed E-state index contributed by atoms with van der Waals surface area (Å²) in [5.41, 5.74) is -0.200. The van der Waals surface area contributed by atoms with Crippen LogP contribution < -0.4 is 5.32 Å². The van der Waals surface area contributed by atoms with E-state index in [1.54, 1.807) is 12.3 Å². The van der Waals surface area contributed by atoms with Gasteiger partial charge < -0.3 is 15.2 Å². The molecule has 2 aromatic heterocycles. The molecule has 9 nitrogen and oxygen atoms in total. The second kappa shape index (κ2) is 5.92. The van der Waals surface area contributed by atoms with E-state index in [2.05, 4.69) is 20.4 Å². The van der Waals surface area contributed by atoms with Gasteiger partial charge in [-0.05, 0) is 25.8 Å². The maximum Gasteiger partial charge on any atom is 0.311 e. The molecule has 1 aliphatic rings. The fourth-order valence-corrected chi connectivity index (χ4v) is 2.56. The van der Waals surface area contributed by atoms with Crippen LogP contribution in [0.5, 0.6) is 0 Å². The zero-order valence-corrected chi connectivity index (χ0v) is 12.7. The Bertz CT molecular complexity index is 751. The molecular weight excluding hydrogens is 302 g/mol. The summed E-state index contributed by atoms with van der Waals surface area (Å²) in [6.07, 6.45) is 2.31. The average molecular weight is 319 g/mol. The van der Waals surface area contributed by atoms with E-state index in [0.717, 1.165) is 5.69 Å². The Kier molecular flexibility index (Phi) is 3.95. The molecule has 122 valence electrons. The molecule has 0 bridgehead atoms. The van der Waals surface area contributed by atoms with Crippen LogP contribution in [0.15, 0.2) is 12.3 Å². The van der Waals surface area contributed by atoms with Crippen molar-refractivity contribution in [3.05, 3.63) is 23.8 Å². The van der Waals surface area contributed by atoms with Gasteiger partial charge in [0.05, 0.1) is 5.41 Å². The number of amides is 1. The van der Waals surface area contributed by atoms with Crippen molar-refractivity contribution in [2.75, 3.05) is 19.8 Å². The summed E-state index contributed by atoms with van der Waals surface area (Å²) in [6, 6.07) is 1.75. The first-order valence-corrected chi connectivity index (χ1v) is 7.30. The molecule has 1 aliphatic heterocycles. The summed E-state index contributed by atoms with van der Waals surface area (Å²) in [7, 11) is 0. The number of ether oxygens (including phenoxy) is 1. The Balaban J connectivity index is 1.75. The number of nitrogens with one attached hydrogen (secondary N) is 1. The highest BCUT2D eigenvalue weighted by Gasteiger charge is 2.40. The van der Waals surface area contributed by atoms with Gasteiger partial charge in [0.1, 0.15) is 0 Å². The highest BCUT2D eigenvalue weighted by molar-refractivity contribution is 5.91. The normalized spacial score (nSPS) is 17.1. The van der Waals surface area contributed by atoms with Gasteiger partial charge >= 0.3 is 5.97 Å². The molecule has 1 fully saturated rings. The van der Waals surface area contributed by atoms with E-state index in [0.29, 0.717) is 31.8 Å². The van der Waals surface area contributed by atoms with Crippen molar-refractivity contribution in [3.63, 3.8) is 0 Å². The number of aliphatic carboxylic acids is 1. The Morgan fingerprint density at radius 3 is 2.83 bits per heavy atom. The molecule has 0 unspecified atom stereocenters. The minimum absolute atomic E-state index is 0.0203. The number of aromatic nitrogens is 4. The largest absolute Gasteiger partial charge is 0.481 e. The van der Waals surface area contributed by atoms with Crippen molar-refractivity contribution in [1.82, 2.24) is 24.9 Å². The molecule has 0 aromatic carbocycles. The van der Waals surface area contributed by atoms with Gasteiger partial charge in [-0.2, -0.15) is 4.98 Å². The monoisotopic (exact) mass is 319 g/mol. The standard InChI is InChI=1S/C14H17N5O4/c1-9-2-5-15-13-17-10(18-19(9)13)11(20)16-8-14(12(21)22)3-6-23-7-4-14/h2,5H,3-4,6-8H2,1H3,(H,16,20)(H,21,22). The molecule has 3 heterocycles. The lowest BCUT2D eigenvalue weighted by Crippen LogP contribution is -2.46. The third-order valence-corrected chi connectivity index (χ3v) is 4.12. The lowest BCUT2D eigenvalue weighted by molar-refractivity contribution is -0.154. The molecule has 9 heteroatoms. The number of aryl methyl sites for hydroxylation is 1. The van der Waals surface area contributed by atoms with Gasteiger partial charge in [-0.3, -0.25) is 9.59 Å². The number of carboxylic acids is 1. The highest BCUT2D eigenvalue weighted by atomic mass is 16.5. The summed E-state index contributed by atoms with van der Waals surface area (Å²) in [6.45, 7) is 2.59. The first-order valence-electron chi connectivity index (χ1n) is 7.30. The van der Waals surface area contributed by atoms with Crippen LogP contribution in [0, 0.1) is 12.3 Å². The van der Waals surface area contributed by atoms with Crippen molar-refractivity contribution in [1.29, 1.82) is 0 Å². The third kappa shape index (κ3) is 2.87. The number of rotatable bonds is 4. The van der Waals surface area contributed by atoms with Crippen molar-refractivity contribution in [2.45, 2.75) is 19.8 Å². The molecule has 3 rings (SSSR count). The second-order valence-corrected chi connectivity index (χ2v) is 5.61. The quantitative estimate of drug-likeness (QED) is 0.817. The zero-order valence-electron chi connectivity index (χ0n) is 12.7. The lowest BCUT2D eigenvalue weighted by Gasteiger charge is -2.32. The van der Waals surface area contributed by atoms with E-state index in [1.807, 2.05) is 6.92 Å². The van der Waals surface area contributed by atoms with Gasteiger partial charge in [0, 0.05) is 31.6 Å². The van der Waals surface area contributed by atoms with Gasteiger partial charge in [0.2, 0.25) is 5.82 Å². The van der Waals surface area contributed by atoms with Gasteiger partial charge in [-0.1, -0.05) is 0 Å². The minimum Gasteiger partial charge on any atom is -0.481 e. The molecule has 0 atom stereocenters. The topological polar surface area (TPSA) is 119 Å². The molecule has 2 N–H and O–H groups in total. The number of hydrogen-bond acceptors (Lipinski definition) is 6. The zero-order chi connectivity index (χ0) is 16.4. The number of nitrogens with zero attached hydrogens (tertiary/aromatic N) is 4. The van der Waals surface area contributed by atoms with Crippen molar-refractivity contribution < 1.29 is 19.4 Å². The van der Waals surface area contributed by atoms with E-state index >= 15 is 0 Å². The van der Waals surface area contributed by atoms with Crippen LogP contribution in [0.3, 0.4) is 0 Å². The summed E-state index contributed by atoms with van der Waals surface area (Å²) in [5.74, 6) is -1.14. The van der Waals surface area contributed by atoms with E-state index < -0.39 is 17.3 Å². The van der Waals surface area contributed by atoms with Gasteiger partial charge in [-0.15, -0.1) is 5.10 Å². The molecule has 0 saturated carbocycles. The van der Waals surface area contributed by atoms with Crippen molar-refractivity contribution >= 4 is 17.7 Å². The van der Waals surface area contributed by atoms with Crippen molar-refractivity contribution in [3.8, 4) is 0 Å². The Morgan fingerprint density at radius 2 is 2.17 bits per heavy atom. The molecule has 1 saturated heterocycles. The Hall–Kier alpha value is -2.55. The van der Waals surface area contributed by atoms with Crippen molar-refractivity contribution in [2.24, 2.45) is 5.41 Å². The molecule has 0 aliphatic carbocycles. The highest BCUT2D eigenvalue weighted by Crippen LogP contribution is 2.30. The number of fused-ring (bicyclic) bond motifs is 1. The summed E-state index contributed by atoms with van der Waals surface area (Å²) < 4.78 is 6.68. The maximum atomic E-state index is 12.2. The number of carbonyl (C=O) groups excluding carboxylic acids is 1. The predicted octanol–water partition coefficient (Wildman–Crippen LogP) is 0.0439. The van der Waals surface area contributed by atoms with Crippen LogP contribution in [0.1, 0.15) is 29.2 Å². The molecule has 2 aromatic rings. The van der Waals surface area contributed by atoms with Crippen LogP contribution in [-0.4, -0.2) is 56.3 Å². The smallest absolute Gasteiger partial charge is 0.311 e. The van der Waals surface area contributed by atoms with Crippen LogP contribution >= 0.6 is 0 Å². The fraction of sp³-hybridized carbons (Fsp3) is 0.500. The average Bonchev–Trinajstić information content (AvgIpc) is 2.99. The SMILES string of the molecule is Cc1ccnc2nc(C(=O)NCC3(C(=O)O)CCOCC3)nn12. The fourth-order valence-electron chi connectivity index (χ4n) is 2.56. The number of carboxylic acid groups (broad SMARTS) is 1. The minimum atomic E-state index is -0.999. The number of carbonyl (C=O) groups is 2. The lowest BCUT2D eigenvalue weighted by atomic mass is 9.80. The number of hydrogen-bond donors (Lipinski definition) is 2. The molecular formula is C14H17N5O4. The summed E-state index contributed by atoms with van der Waals surface area (Å²) in [4.78, 5) is 31.9. The Morgan fingerprint density at radius 1 is 1.43 bits per heavy atom. The third-order valence-electron chi connectivity index (χ3n) is 4.12. The van der Waals surface area contributed by atoms with Crippen LogP contribution in [-0.2, 0) is 9.53 Å². The second-order valence-electron chi connectivity index (χ2n) is 5.61. The van der Waals surface area contributed by atoms with Gasteiger partial charge in [0.15, 0.2) is 0 Å². The van der Waals surface area contributed by atoms with Crippen LogP contribution in [0.25, 0.3) is 5.78 Å². The van der Waals surface area contributed by atoms with Gasteiger partial charge in [0.25, 0.3) is 11.7 Å². The Labute approximate surface area is 131 Å². The molecule has 1 amide bonds.